The van der Waals surface area contributed by atoms with Crippen LogP contribution in [0.5, 0.6) is 0 Å². The standard InChI is InChI=1S/C24H32N6O3S/c31-22-24(7-1-2-8-24)28-23(32)30(22)10-4-9-25-20-19-16-5-3-6-17(16)34-21(19)27-18(26-20)15-29-11-13-33-14-12-29/h1-15H2,(H,28,32)(H,25,26,27). The van der Waals surface area contributed by atoms with Crippen LogP contribution in [0.2, 0.25) is 0 Å². The van der Waals surface area contributed by atoms with Gasteiger partial charge < -0.3 is 15.4 Å². The van der Waals surface area contributed by atoms with Crippen LogP contribution >= 0.6 is 11.3 Å². The molecule has 0 atom stereocenters. The molecule has 1 saturated carbocycles. The highest BCUT2D eigenvalue weighted by atomic mass is 32.1. The number of urea groups is 1. The number of anilines is 1. The Kier molecular flexibility index (Phi) is 5.90. The number of nitrogens with one attached hydrogen (secondary N) is 2. The maximum Gasteiger partial charge on any atom is 0.325 e. The lowest BCUT2D eigenvalue weighted by atomic mass is 9.98. The van der Waals surface area contributed by atoms with E-state index < -0.39 is 5.54 Å². The number of amides is 3. The van der Waals surface area contributed by atoms with Crippen molar-refractivity contribution in [3.8, 4) is 0 Å². The predicted octanol–water partition coefficient (Wildman–Crippen LogP) is 2.68. The van der Waals surface area contributed by atoms with Gasteiger partial charge in [-0.15, -0.1) is 11.3 Å². The van der Waals surface area contributed by atoms with Crippen LogP contribution < -0.4 is 10.6 Å². The van der Waals surface area contributed by atoms with Gasteiger partial charge in [-0.05, 0) is 44.1 Å². The highest BCUT2D eigenvalue weighted by Gasteiger charge is 2.52. The van der Waals surface area contributed by atoms with Gasteiger partial charge in [-0.3, -0.25) is 14.6 Å². The van der Waals surface area contributed by atoms with E-state index in [1.54, 1.807) is 0 Å². The number of hydrogen-bond acceptors (Lipinski definition) is 8. The fourth-order valence-electron chi connectivity index (χ4n) is 5.84. The van der Waals surface area contributed by atoms with E-state index in [1.807, 2.05) is 11.3 Å². The summed E-state index contributed by atoms with van der Waals surface area (Å²) < 4.78 is 5.48. The van der Waals surface area contributed by atoms with Crippen LogP contribution in [0.1, 0.15) is 54.8 Å². The molecule has 10 heteroatoms. The third-order valence-electron chi connectivity index (χ3n) is 7.63. The summed E-state index contributed by atoms with van der Waals surface area (Å²) in [4.78, 5) is 41.5. The van der Waals surface area contributed by atoms with Crippen molar-refractivity contribution < 1.29 is 14.3 Å². The quantitative estimate of drug-likeness (QED) is 0.460. The Morgan fingerprint density at radius 3 is 2.74 bits per heavy atom. The van der Waals surface area contributed by atoms with Gasteiger partial charge in [-0.25, -0.2) is 14.8 Å². The van der Waals surface area contributed by atoms with Gasteiger partial charge in [-0.1, -0.05) is 12.8 Å². The van der Waals surface area contributed by atoms with Crippen molar-refractivity contribution in [1.29, 1.82) is 0 Å². The molecule has 2 aliphatic carbocycles. The maximum absolute atomic E-state index is 12.9. The molecule has 2 aromatic heterocycles. The van der Waals surface area contributed by atoms with Crippen LogP contribution in [0, 0.1) is 0 Å². The molecule has 2 aromatic rings. The van der Waals surface area contributed by atoms with Gasteiger partial charge >= 0.3 is 6.03 Å². The van der Waals surface area contributed by atoms with Gasteiger partial charge in [0.2, 0.25) is 0 Å². The topological polar surface area (TPSA) is 99.7 Å². The van der Waals surface area contributed by atoms with E-state index in [0.717, 1.165) is 87.8 Å². The Labute approximate surface area is 203 Å². The second-order valence-corrected chi connectivity index (χ2v) is 11.0. The molecule has 6 rings (SSSR count). The molecular weight excluding hydrogens is 452 g/mol. The van der Waals surface area contributed by atoms with Crippen molar-refractivity contribution in [2.75, 3.05) is 44.7 Å². The summed E-state index contributed by atoms with van der Waals surface area (Å²) in [6, 6.07) is -0.236. The number of morpholine rings is 1. The summed E-state index contributed by atoms with van der Waals surface area (Å²) in [7, 11) is 0. The Bertz CT molecular complexity index is 1110. The number of hydrogen-bond donors (Lipinski definition) is 2. The van der Waals surface area contributed by atoms with Crippen molar-refractivity contribution >= 4 is 39.3 Å². The SMILES string of the molecule is O=C1NC2(CCCC2)C(=O)N1CCCNc1nc(CN2CCOCC2)nc2sc3c(c12)CCC3. The van der Waals surface area contributed by atoms with Crippen LogP contribution in [0.15, 0.2) is 0 Å². The summed E-state index contributed by atoms with van der Waals surface area (Å²) in [5.41, 5.74) is 0.771. The number of rotatable bonds is 7. The van der Waals surface area contributed by atoms with Crippen LogP contribution in [-0.2, 0) is 28.9 Å². The molecule has 2 saturated heterocycles. The first-order valence-electron chi connectivity index (χ1n) is 12.6. The first kappa shape index (κ1) is 22.2. The van der Waals surface area contributed by atoms with Crippen molar-refractivity contribution in [2.24, 2.45) is 0 Å². The molecule has 0 radical (unpaired) electrons. The third kappa shape index (κ3) is 3.95. The highest BCUT2D eigenvalue weighted by molar-refractivity contribution is 7.19. The van der Waals surface area contributed by atoms with Gasteiger partial charge in [0.15, 0.2) is 0 Å². The second-order valence-electron chi connectivity index (χ2n) is 9.87. The first-order chi connectivity index (χ1) is 16.6. The summed E-state index contributed by atoms with van der Waals surface area (Å²) >= 11 is 1.81. The smallest absolute Gasteiger partial charge is 0.325 e. The molecule has 3 amide bonds. The first-order valence-corrected chi connectivity index (χ1v) is 13.4. The highest BCUT2D eigenvalue weighted by Crippen LogP contribution is 2.40. The zero-order valence-electron chi connectivity index (χ0n) is 19.5. The fraction of sp³-hybridized carbons (Fsp3) is 0.667. The van der Waals surface area contributed by atoms with Crippen LogP contribution in [0.25, 0.3) is 10.2 Å². The van der Waals surface area contributed by atoms with Gasteiger partial charge in [-0.2, -0.15) is 0 Å². The Hall–Kier alpha value is -2.30. The van der Waals surface area contributed by atoms with E-state index in [0.29, 0.717) is 19.5 Å². The maximum atomic E-state index is 12.9. The van der Waals surface area contributed by atoms with Crippen LogP contribution in [0.3, 0.4) is 0 Å². The minimum Gasteiger partial charge on any atom is -0.379 e. The largest absolute Gasteiger partial charge is 0.379 e. The predicted molar refractivity (Wildman–Crippen MR) is 130 cm³/mol. The molecule has 34 heavy (non-hydrogen) atoms. The number of nitrogens with zero attached hydrogens (tertiary/aromatic N) is 4. The molecular formula is C24H32N6O3S. The summed E-state index contributed by atoms with van der Waals surface area (Å²) in [6.45, 7) is 5.11. The number of carbonyl (C=O) groups excluding carboxylic acids is 2. The zero-order valence-corrected chi connectivity index (χ0v) is 20.3. The van der Waals surface area contributed by atoms with Crippen molar-refractivity contribution in [2.45, 2.75) is 63.5 Å². The van der Waals surface area contributed by atoms with Crippen LogP contribution in [-0.4, -0.2) is 76.6 Å². The average Bonchev–Trinajstić information content (AvgIpc) is 3.59. The number of carbonyl (C=O) groups is 2. The lowest BCUT2D eigenvalue weighted by Gasteiger charge is -2.25. The lowest BCUT2D eigenvalue weighted by Crippen LogP contribution is -2.44. The van der Waals surface area contributed by atoms with Gasteiger partial charge in [0.25, 0.3) is 5.91 Å². The van der Waals surface area contributed by atoms with Gasteiger partial charge in [0, 0.05) is 31.1 Å². The second kappa shape index (κ2) is 9.05. The molecule has 4 aliphatic rings. The Morgan fingerprint density at radius 1 is 1.09 bits per heavy atom. The number of imide groups is 1. The van der Waals surface area contributed by atoms with Crippen molar-refractivity contribution in [1.82, 2.24) is 25.1 Å². The summed E-state index contributed by atoms with van der Waals surface area (Å²) in [6.07, 6.45) is 7.63. The van der Waals surface area contributed by atoms with E-state index in [2.05, 4.69) is 15.5 Å². The average molecular weight is 485 g/mol. The number of fused-ring (bicyclic) bond motifs is 3. The summed E-state index contributed by atoms with van der Waals surface area (Å²) in [5.74, 6) is 1.70. The van der Waals surface area contributed by atoms with Gasteiger partial charge in [0.05, 0.1) is 25.1 Å². The fourth-order valence-corrected chi connectivity index (χ4v) is 7.12. The van der Waals surface area contributed by atoms with E-state index in [1.165, 1.54) is 27.1 Å². The molecule has 182 valence electrons. The van der Waals surface area contributed by atoms with Crippen molar-refractivity contribution in [3.63, 3.8) is 0 Å². The molecule has 4 heterocycles. The van der Waals surface area contributed by atoms with Gasteiger partial charge in [0.1, 0.15) is 22.0 Å². The minimum absolute atomic E-state index is 0.0390. The Morgan fingerprint density at radius 2 is 1.91 bits per heavy atom. The van der Waals surface area contributed by atoms with E-state index in [-0.39, 0.29) is 11.9 Å². The molecule has 0 unspecified atom stereocenters. The van der Waals surface area contributed by atoms with E-state index in [4.69, 9.17) is 14.7 Å². The number of aryl methyl sites for hydroxylation is 2. The lowest BCUT2D eigenvalue weighted by molar-refractivity contribution is -0.131. The molecule has 1 spiro atoms. The van der Waals surface area contributed by atoms with E-state index >= 15 is 0 Å². The summed E-state index contributed by atoms with van der Waals surface area (Å²) in [5, 5.41) is 7.68. The number of thiophene rings is 1. The zero-order chi connectivity index (χ0) is 23.1. The van der Waals surface area contributed by atoms with Crippen LogP contribution in [0.4, 0.5) is 10.6 Å². The Balaban J connectivity index is 1.15. The number of aromatic nitrogens is 2. The normalized spacial score (nSPS) is 22.2. The van der Waals surface area contributed by atoms with Crippen molar-refractivity contribution in [3.05, 3.63) is 16.3 Å². The minimum atomic E-state index is -0.630. The number of ether oxygens (including phenoxy) is 1. The molecule has 2 N–H and O–H groups in total. The molecule has 2 aliphatic heterocycles. The van der Waals surface area contributed by atoms with E-state index in [9.17, 15) is 9.59 Å². The molecule has 0 aromatic carbocycles. The molecule has 3 fully saturated rings. The molecule has 9 nitrogen and oxygen atoms in total. The molecule has 0 bridgehead atoms. The monoisotopic (exact) mass is 484 g/mol. The third-order valence-corrected chi connectivity index (χ3v) is 8.82.